The first-order valence-corrected chi connectivity index (χ1v) is 6.35. The summed E-state index contributed by atoms with van der Waals surface area (Å²) in [5, 5.41) is 11.4. The number of carbonyl (C=O) groups is 1. The van der Waals surface area contributed by atoms with Crippen molar-refractivity contribution in [2.75, 3.05) is 33.2 Å². The molecule has 7 nitrogen and oxygen atoms in total. The standard InChI is InChI=1S/C11H20N6O/c1-4-10(17-9(2)12-13-14-17)11(18)16-7-5-15(3)6-8-16/h10H,4-8H2,1-3H3. The lowest BCUT2D eigenvalue weighted by molar-refractivity contribution is -0.136. The molecule has 0 spiro atoms. The molecule has 1 aromatic heterocycles. The molecule has 18 heavy (non-hydrogen) atoms. The van der Waals surface area contributed by atoms with Gasteiger partial charge in [0.2, 0.25) is 5.91 Å². The number of aromatic nitrogens is 4. The van der Waals surface area contributed by atoms with Crippen LogP contribution >= 0.6 is 0 Å². The highest BCUT2D eigenvalue weighted by Gasteiger charge is 2.28. The fourth-order valence-electron chi connectivity index (χ4n) is 2.22. The van der Waals surface area contributed by atoms with Gasteiger partial charge in [-0.05, 0) is 30.8 Å². The molecule has 2 rings (SSSR count). The number of aryl methyl sites for hydroxylation is 1. The lowest BCUT2D eigenvalue weighted by Crippen LogP contribution is -2.49. The summed E-state index contributed by atoms with van der Waals surface area (Å²) in [6, 6.07) is -0.275. The van der Waals surface area contributed by atoms with E-state index in [9.17, 15) is 4.79 Å². The van der Waals surface area contributed by atoms with Gasteiger partial charge in [0.1, 0.15) is 11.9 Å². The highest BCUT2D eigenvalue weighted by molar-refractivity contribution is 5.80. The predicted octanol–water partition coefficient (Wildman–Crippen LogP) is -0.293. The summed E-state index contributed by atoms with van der Waals surface area (Å²) in [7, 11) is 2.07. The summed E-state index contributed by atoms with van der Waals surface area (Å²) in [5.41, 5.74) is 0. The number of amides is 1. The molecule has 1 amide bonds. The van der Waals surface area contributed by atoms with E-state index >= 15 is 0 Å². The van der Waals surface area contributed by atoms with Gasteiger partial charge in [0.05, 0.1) is 0 Å². The minimum Gasteiger partial charge on any atom is -0.338 e. The lowest BCUT2D eigenvalue weighted by atomic mass is 10.1. The van der Waals surface area contributed by atoms with Crippen molar-refractivity contribution in [2.45, 2.75) is 26.3 Å². The van der Waals surface area contributed by atoms with Crippen molar-refractivity contribution in [2.24, 2.45) is 0 Å². The molecule has 0 radical (unpaired) electrons. The third-order valence-corrected chi connectivity index (χ3v) is 3.44. The van der Waals surface area contributed by atoms with E-state index in [2.05, 4.69) is 27.5 Å². The molecular formula is C11H20N6O. The number of tetrazole rings is 1. The molecule has 1 aliphatic rings. The number of rotatable bonds is 3. The van der Waals surface area contributed by atoms with E-state index < -0.39 is 0 Å². The van der Waals surface area contributed by atoms with Crippen LogP contribution in [0, 0.1) is 6.92 Å². The molecule has 1 aromatic rings. The van der Waals surface area contributed by atoms with E-state index in [4.69, 9.17) is 0 Å². The van der Waals surface area contributed by atoms with E-state index in [1.54, 1.807) is 4.68 Å². The van der Waals surface area contributed by atoms with Crippen LogP contribution in [0.4, 0.5) is 0 Å². The SMILES string of the molecule is CCC(C(=O)N1CCN(C)CC1)n1nnnc1C. The van der Waals surface area contributed by atoms with Crippen molar-refractivity contribution >= 4 is 5.91 Å². The molecule has 0 N–H and O–H groups in total. The Kier molecular flexibility index (Phi) is 3.90. The number of piperazine rings is 1. The minimum atomic E-state index is -0.275. The molecule has 100 valence electrons. The van der Waals surface area contributed by atoms with Crippen LogP contribution in [0.2, 0.25) is 0 Å². The Morgan fingerprint density at radius 1 is 1.33 bits per heavy atom. The number of hydrogen-bond acceptors (Lipinski definition) is 5. The quantitative estimate of drug-likeness (QED) is 0.739. The minimum absolute atomic E-state index is 0.126. The van der Waals surface area contributed by atoms with Crippen LogP contribution in [0.5, 0.6) is 0 Å². The highest BCUT2D eigenvalue weighted by Crippen LogP contribution is 2.16. The summed E-state index contributed by atoms with van der Waals surface area (Å²) in [6.07, 6.45) is 0.705. The molecule has 0 aromatic carbocycles. The Morgan fingerprint density at radius 2 is 2.00 bits per heavy atom. The molecule has 0 bridgehead atoms. The third kappa shape index (κ3) is 2.50. The topological polar surface area (TPSA) is 67.2 Å². The van der Waals surface area contributed by atoms with E-state index in [1.165, 1.54) is 0 Å². The Balaban J connectivity index is 2.09. The summed E-state index contributed by atoms with van der Waals surface area (Å²) in [4.78, 5) is 16.6. The van der Waals surface area contributed by atoms with Gasteiger partial charge in [0.15, 0.2) is 0 Å². The van der Waals surface area contributed by atoms with E-state index in [0.717, 1.165) is 26.2 Å². The third-order valence-electron chi connectivity index (χ3n) is 3.44. The Labute approximate surface area is 107 Å². The monoisotopic (exact) mass is 252 g/mol. The second-order valence-electron chi connectivity index (χ2n) is 4.72. The number of hydrogen-bond donors (Lipinski definition) is 0. The van der Waals surface area contributed by atoms with Crippen molar-refractivity contribution < 1.29 is 4.79 Å². The van der Waals surface area contributed by atoms with E-state index in [0.29, 0.717) is 12.2 Å². The Hall–Kier alpha value is -1.50. The maximum absolute atomic E-state index is 12.5. The van der Waals surface area contributed by atoms with Gasteiger partial charge < -0.3 is 9.80 Å². The van der Waals surface area contributed by atoms with Crippen LogP contribution in [0.15, 0.2) is 0 Å². The largest absolute Gasteiger partial charge is 0.338 e. The van der Waals surface area contributed by atoms with Gasteiger partial charge >= 0.3 is 0 Å². The van der Waals surface area contributed by atoms with Crippen LogP contribution < -0.4 is 0 Å². The van der Waals surface area contributed by atoms with Crippen LogP contribution in [0.1, 0.15) is 25.2 Å². The van der Waals surface area contributed by atoms with Gasteiger partial charge in [-0.25, -0.2) is 4.68 Å². The van der Waals surface area contributed by atoms with Gasteiger partial charge in [-0.1, -0.05) is 6.92 Å². The van der Waals surface area contributed by atoms with E-state index in [-0.39, 0.29) is 11.9 Å². The zero-order valence-electron chi connectivity index (χ0n) is 11.2. The smallest absolute Gasteiger partial charge is 0.247 e. The van der Waals surface area contributed by atoms with Gasteiger partial charge in [-0.15, -0.1) is 5.10 Å². The summed E-state index contributed by atoms with van der Waals surface area (Å²) < 4.78 is 1.63. The summed E-state index contributed by atoms with van der Waals surface area (Å²) >= 11 is 0. The number of carbonyl (C=O) groups excluding carboxylic acids is 1. The van der Waals surface area contributed by atoms with Crippen LogP contribution in [-0.4, -0.2) is 69.1 Å². The predicted molar refractivity (Wildman–Crippen MR) is 66.0 cm³/mol. The van der Waals surface area contributed by atoms with Crippen LogP contribution in [0.3, 0.4) is 0 Å². The molecule has 1 saturated heterocycles. The molecule has 1 fully saturated rings. The molecule has 1 atom stereocenters. The molecule has 0 saturated carbocycles. The van der Waals surface area contributed by atoms with Gasteiger partial charge in [-0.2, -0.15) is 0 Å². The number of likely N-dealkylation sites (N-methyl/N-ethyl adjacent to an activating group) is 1. The first-order chi connectivity index (χ1) is 8.63. The fraction of sp³-hybridized carbons (Fsp3) is 0.818. The lowest BCUT2D eigenvalue weighted by Gasteiger charge is -2.34. The summed E-state index contributed by atoms with van der Waals surface area (Å²) in [6.45, 7) is 7.23. The average molecular weight is 252 g/mol. The van der Waals surface area contributed by atoms with Crippen LogP contribution in [0.25, 0.3) is 0 Å². The summed E-state index contributed by atoms with van der Waals surface area (Å²) in [5.74, 6) is 0.810. The average Bonchev–Trinajstić information content (AvgIpc) is 2.78. The molecule has 0 aliphatic carbocycles. The maximum Gasteiger partial charge on any atom is 0.247 e. The Bertz CT molecular complexity index is 409. The molecule has 1 unspecified atom stereocenters. The molecule has 2 heterocycles. The highest BCUT2D eigenvalue weighted by atomic mass is 16.2. The normalized spacial score (nSPS) is 18.9. The van der Waals surface area contributed by atoms with Crippen LogP contribution in [-0.2, 0) is 4.79 Å². The molecule has 1 aliphatic heterocycles. The fourth-order valence-corrected chi connectivity index (χ4v) is 2.22. The van der Waals surface area contributed by atoms with Gasteiger partial charge in [-0.3, -0.25) is 4.79 Å². The second-order valence-corrected chi connectivity index (χ2v) is 4.72. The maximum atomic E-state index is 12.5. The number of nitrogens with zero attached hydrogens (tertiary/aromatic N) is 6. The van der Waals surface area contributed by atoms with Crippen molar-refractivity contribution in [3.63, 3.8) is 0 Å². The van der Waals surface area contributed by atoms with Gasteiger partial charge in [0, 0.05) is 26.2 Å². The molecule has 7 heteroatoms. The van der Waals surface area contributed by atoms with Crippen molar-refractivity contribution in [3.05, 3.63) is 5.82 Å². The molecular weight excluding hydrogens is 232 g/mol. The van der Waals surface area contributed by atoms with Crippen molar-refractivity contribution in [1.82, 2.24) is 30.0 Å². The first-order valence-electron chi connectivity index (χ1n) is 6.35. The first kappa shape index (κ1) is 12.9. The van der Waals surface area contributed by atoms with Crippen molar-refractivity contribution in [3.8, 4) is 0 Å². The van der Waals surface area contributed by atoms with Gasteiger partial charge in [0.25, 0.3) is 0 Å². The zero-order chi connectivity index (χ0) is 13.1. The van der Waals surface area contributed by atoms with Crippen molar-refractivity contribution in [1.29, 1.82) is 0 Å². The van der Waals surface area contributed by atoms with E-state index in [1.807, 2.05) is 18.7 Å². The second kappa shape index (κ2) is 5.43. The Morgan fingerprint density at radius 3 is 2.50 bits per heavy atom. The zero-order valence-corrected chi connectivity index (χ0v) is 11.2.